The molecule has 0 radical (unpaired) electrons. The second kappa shape index (κ2) is 6.21. The number of fused-ring (bicyclic) bond motifs is 1. The summed E-state index contributed by atoms with van der Waals surface area (Å²) in [6.07, 6.45) is -2.74. The Balaban J connectivity index is 1.89. The third kappa shape index (κ3) is 3.18. The molecule has 0 saturated carbocycles. The third-order valence-electron chi connectivity index (χ3n) is 3.91. The van der Waals surface area contributed by atoms with Gasteiger partial charge in [0.15, 0.2) is 0 Å². The van der Waals surface area contributed by atoms with E-state index in [0.717, 1.165) is 30.2 Å². The Morgan fingerprint density at radius 2 is 2.29 bits per heavy atom. The van der Waals surface area contributed by atoms with Gasteiger partial charge in [0.25, 0.3) is 5.91 Å². The van der Waals surface area contributed by atoms with Crippen LogP contribution in [0.5, 0.6) is 0 Å². The van der Waals surface area contributed by atoms with Crippen molar-refractivity contribution in [1.82, 2.24) is 10.3 Å². The number of nitrogen functional groups attached to an aromatic ring is 1. The van der Waals surface area contributed by atoms with Crippen LogP contribution in [0.1, 0.15) is 33.8 Å². The lowest BCUT2D eigenvalue weighted by atomic mass is 10.1. The summed E-state index contributed by atoms with van der Waals surface area (Å²) in [5.41, 5.74) is 5.51. The van der Waals surface area contributed by atoms with Crippen LogP contribution < -0.4 is 11.1 Å². The Labute approximate surface area is 140 Å². The number of hydrogen-bond acceptors (Lipinski definition) is 5. The summed E-state index contributed by atoms with van der Waals surface area (Å²) in [7, 11) is 0. The molecule has 0 aromatic carbocycles. The number of thiophene rings is 1. The summed E-state index contributed by atoms with van der Waals surface area (Å²) in [5.74, 6) is -0.418. The van der Waals surface area contributed by atoms with Crippen molar-refractivity contribution in [2.45, 2.75) is 32.0 Å². The van der Waals surface area contributed by atoms with Crippen molar-refractivity contribution >= 4 is 33.1 Å². The molecule has 24 heavy (non-hydrogen) atoms. The summed E-state index contributed by atoms with van der Waals surface area (Å²) < 4.78 is 44.0. The number of carbonyl (C=O) groups excluding carboxylic acids is 1. The number of nitrogens with one attached hydrogen (secondary N) is 1. The number of nitrogens with two attached hydrogens (primary N) is 1. The Morgan fingerprint density at radius 3 is 2.92 bits per heavy atom. The van der Waals surface area contributed by atoms with Crippen LogP contribution in [0.4, 0.5) is 18.9 Å². The second-order valence-corrected chi connectivity index (χ2v) is 6.69. The molecule has 1 saturated heterocycles. The molecule has 1 aliphatic rings. The van der Waals surface area contributed by atoms with E-state index in [4.69, 9.17) is 10.5 Å². The fraction of sp³-hybridized carbons (Fsp3) is 0.467. The largest absolute Gasteiger partial charge is 0.433 e. The minimum atomic E-state index is -4.54. The zero-order valence-electron chi connectivity index (χ0n) is 12.9. The van der Waals surface area contributed by atoms with Gasteiger partial charge in [0.2, 0.25) is 0 Å². The van der Waals surface area contributed by atoms with Gasteiger partial charge in [-0.15, -0.1) is 11.3 Å². The van der Waals surface area contributed by atoms with Crippen molar-refractivity contribution in [3.63, 3.8) is 0 Å². The van der Waals surface area contributed by atoms with E-state index in [1.54, 1.807) is 0 Å². The minimum absolute atomic E-state index is 0.0266. The summed E-state index contributed by atoms with van der Waals surface area (Å²) >= 11 is 0.870. The van der Waals surface area contributed by atoms with Crippen molar-refractivity contribution in [3.8, 4) is 0 Å². The lowest BCUT2D eigenvalue weighted by Crippen LogP contribution is -2.31. The van der Waals surface area contributed by atoms with Gasteiger partial charge in [-0.1, -0.05) is 0 Å². The first-order chi connectivity index (χ1) is 11.3. The van der Waals surface area contributed by atoms with E-state index >= 15 is 0 Å². The predicted molar refractivity (Wildman–Crippen MR) is 85.1 cm³/mol. The van der Waals surface area contributed by atoms with Gasteiger partial charge in [0.1, 0.15) is 15.4 Å². The molecular weight excluding hydrogens is 343 g/mol. The fourth-order valence-electron chi connectivity index (χ4n) is 2.72. The highest BCUT2D eigenvalue weighted by Crippen LogP contribution is 2.38. The van der Waals surface area contributed by atoms with Crippen LogP contribution in [0.25, 0.3) is 10.2 Å². The van der Waals surface area contributed by atoms with Crippen LogP contribution in [0.2, 0.25) is 0 Å². The van der Waals surface area contributed by atoms with E-state index in [-0.39, 0.29) is 21.5 Å². The van der Waals surface area contributed by atoms with E-state index in [0.29, 0.717) is 24.1 Å². The Kier molecular flexibility index (Phi) is 4.39. The highest BCUT2D eigenvalue weighted by atomic mass is 32.1. The van der Waals surface area contributed by atoms with Gasteiger partial charge in [-0.25, -0.2) is 4.98 Å². The second-order valence-electron chi connectivity index (χ2n) is 5.69. The fourth-order valence-corrected chi connectivity index (χ4v) is 3.80. The lowest BCUT2D eigenvalue weighted by molar-refractivity contribution is -0.141. The van der Waals surface area contributed by atoms with Crippen LogP contribution in [-0.2, 0) is 10.9 Å². The van der Waals surface area contributed by atoms with E-state index in [1.165, 1.54) is 6.92 Å². The zero-order chi connectivity index (χ0) is 17.5. The Hall–Kier alpha value is -1.87. The number of carbonyl (C=O) groups is 1. The maximum atomic E-state index is 12.9. The number of hydrogen-bond donors (Lipinski definition) is 2. The minimum Gasteiger partial charge on any atom is -0.397 e. The Morgan fingerprint density at radius 1 is 1.54 bits per heavy atom. The molecule has 2 aromatic rings. The van der Waals surface area contributed by atoms with Crippen molar-refractivity contribution in [1.29, 1.82) is 0 Å². The normalized spacial score (nSPS) is 18.2. The quantitative estimate of drug-likeness (QED) is 0.883. The number of halogens is 3. The number of amides is 1. The molecule has 3 rings (SSSR count). The molecule has 3 heterocycles. The number of aromatic nitrogens is 1. The van der Waals surface area contributed by atoms with Gasteiger partial charge in [-0.2, -0.15) is 13.2 Å². The first-order valence-corrected chi connectivity index (χ1v) is 8.25. The number of aryl methyl sites for hydroxylation is 1. The standard InChI is InChI=1S/C15H16F3N3O2S/c1-7-5-9(15(16,17)18)21-14-10(7)11(19)12(24-14)13(22)20-6-8-3-2-4-23-8/h5,8H,2-4,6,19H2,1H3,(H,20,22). The highest BCUT2D eigenvalue weighted by Gasteiger charge is 2.34. The molecule has 3 N–H and O–H groups in total. The summed E-state index contributed by atoms with van der Waals surface area (Å²) in [4.78, 5) is 16.2. The van der Waals surface area contributed by atoms with Crippen LogP contribution in [0.15, 0.2) is 6.07 Å². The molecule has 0 bridgehead atoms. The van der Waals surface area contributed by atoms with Crippen LogP contribution in [0, 0.1) is 6.92 Å². The van der Waals surface area contributed by atoms with Crippen LogP contribution in [-0.4, -0.2) is 30.1 Å². The molecule has 130 valence electrons. The molecule has 1 atom stereocenters. The van der Waals surface area contributed by atoms with Crippen molar-refractivity contribution in [2.24, 2.45) is 0 Å². The molecule has 0 aliphatic carbocycles. The molecule has 1 unspecified atom stereocenters. The average Bonchev–Trinajstić information content (AvgIpc) is 3.12. The van der Waals surface area contributed by atoms with Crippen molar-refractivity contribution in [3.05, 3.63) is 22.2 Å². The van der Waals surface area contributed by atoms with Gasteiger partial charge in [0.05, 0.1) is 11.8 Å². The number of anilines is 1. The topological polar surface area (TPSA) is 77.2 Å². The van der Waals surface area contributed by atoms with E-state index in [9.17, 15) is 18.0 Å². The van der Waals surface area contributed by atoms with E-state index < -0.39 is 17.8 Å². The maximum Gasteiger partial charge on any atom is 0.433 e. The molecule has 5 nitrogen and oxygen atoms in total. The molecule has 2 aromatic heterocycles. The molecule has 9 heteroatoms. The maximum absolute atomic E-state index is 12.9. The summed E-state index contributed by atoms with van der Waals surface area (Å²) in [5, 5.41) is 3.12. The third-order valence-corrected chi connectivity index (χ3v) is 5.01. The van der Waals surface area contributed by atoms with Gasteiger partial charge < -0.3 is 15.8 Å². The number of pyridine rings is 1. The number of alkyl halides is 3. The van der Waals surface area contributed by atoms with Gasteiger partial charge >= 0.3 is 6.18 Å². The molecule has 1 aliphatic heterocycles. The number of nitrogens with zero attached hydrogens (tertiary/aromatic N) is 1. The van der Waals surface area contributed by atoms with Crippen molar-refractivity contribution < 1.29 is 22.7 Å². The summed E-state index contributed by atoms with van der Waals surface area (Å²) in [6, 6.07) is 0.944. The first kappa shape index (κ1) is 17.0. The van der Waals surface area contributed by atoms with Gasteiger partial charge in [-0.05, 0) is 31.4 Å². The smallest absolute Gasteiger partial charge is 0.397 e. The summed E-state index contributed by atoms with van der Waals surface area (Å²) in [6.45, 7) is 2.55. The molecule has 1 fully saturated rings. The highest BCUT2D eigenvalue weighted by molar-refractivity contribution is 7.21. The molecule has 1 amide bonds. The first-order valence-electron chi connectivity index (χ1n) is 7.44. The average molecular weight is 359 g/mol. The number of rotatable bonds is 3. The van der Waals surface area contributed by atoms with Crippen LogP contribution >= 0.6 is 11.3 Å². The van der Waals surface area contributed by atoms with Crippen molar-refractivity contribution in [2.75, 3.05) is 18.9 Å². The Bertz CT molecular complexity index is 782. The zero-order valence-corrected chi connectivity index (χ0v) is 13.7. The van der Waals surface area contributed by atoms with E-state index in [2.05, 4.69) is 10.3 Å². The monoisotopic (exact) mass is 359 g/mol. The van der Waals surface area contributed by atoms with Crippen LogP contribution in [0.3, 0.4) is 0 Å². The van der Waals surface area contributed by atoms with Gasteiger partial charge in [0, 0.05) is 18.5 Å². The van der Waals surface area contributed by atoms with E-state index in [1.807, 2.05) is 0 Å². The SMILES string of the molecule is Cc1cc(C(F)(F)F)nc2sc(C(=O)NCC3CCCO3)c(N)c12. The number of ether oxygens (including phenoxy) is 1. The van der Waals surface area contributed by atoms with Gasteiger partial charge in [-0.3, -0.25) is 4.79 Å². The molecular formula is C15H16F3N3O2S. The molecule has 0 spiro atoms. The lowest BCUT2D eigenvalue weighted by Gasteiger charge is -2.10. The predicted octanol–water partition coefficient (Wildman–Crippen LogP) is 3.11.